The fraction of sp³-hybridized carbons (Fsp3) is 0.444. The van der Waals surface area contributed by atoms with E-state index in [0.29, 0.717) is 48.4 Å². The molecule has 200 valence electrons. The van der Waals surface area contributed by atoms with Crippen molar-refractivity contribution in [3.63, 3.8) is 0 Å². The maximum atomic E-state index is 12.4. The van der Waals surface area contributed by atoms with Gasteiger partial charge in [-0.1, -0.05) is 0 Å². The zero-order valence-electron chi connectivity index (χ0n) is 22.0. The van der Waals surface area contributed by atoms with Gasteiger partial charge in [0.1, 0.15) is 0 Å². The van der Waals surface area contributed by atoms with Crippen LogP contribution >= 0.6 is 0 Å². The smallest absolute Gasteiger partial charge is 0.323 e. The van der Waals surface area contributed by atoms with Crippen molar-refractivity contribution in [2.75, 3.05) is 72.9 Å². The van der Waals surface area contributed by atoms with E-state index in [-0.39, 0.29) is 6.03 Å². The number of carbonyl (C=O) groups is 1. The summed E-state index contributed by atoms with van der Waals surface area (Å²) in [4.78, 5) is 37.9. The van der Waals surface area contributed by atoms with Crippen LogP contribution in [0, 0.1) is 0 Å². The largest absolute Gasteiger partial charge is 0.378 e. The normalized spacial score (nSPS) is 16.8. The highest BCUT2D eigenvalue weighted by Crippen LogP contribution is 2.24. The van der Waals surface area contributed by atoms with Crippen molar-refractivity contribution < 1.29 is 9.53 Å². The molecule has 2 aliphatic heterocycles. The second kappa shape index (κ2) is 12.1. The fourth-order valence-corrected chi connectivity index (χ4v) is 4.62. The number of rotatable bonds is 6. The minimum absolute atomic E-state index is 0.334. The van der Waals surface area contributed by atoms with E-state index in [0.717, 1.165) is 51.3 Å². The summed E-state index contributed by atoms with van der Waals surface area (Å²) in [7, 11) is 0. The van der Waals surface area contributed by atoms with Gasteiger partial charge in [-0.05, 0) is 56.7 Å². The van der Waals surface area contributed by atoms with E-state index in [9.17, 15) is 4.79 Å². The topological polar surface area (TPSA) is 112 Å². The summed E-state index contributed by atoms with van der Waals surface area (Å²) >= 11 is 0. The summed E-state index contributed by atoms with van der Waals surface area (Å²) in [6.07, 6.45) is 4.32. The van der Waals surface area contributed by atoms with Crippen molar-refractivity contribution in [3.8, 4) is 11.4 Å². The molecule has 0 aliphatic carbocycles. The zero-order chi connectivity index (χ0) is 26.3. The summed E-state index contributed by atoms with van der Waals surface area (Å²) in [5, 5.41) is 5.62. The number of anilines is 4. The van der Waals surface area contributed by atoms with Crippen molar-refractivity contribution in [1.29, 1.82) is 0 Å². The Morgan fingerprint density at radius 1 is 0.842 bits per heavy atom. The van der Waals surface area contributed by atoms with Gasteiger partial charge in [0.2, 0.25) is 11.9 Å². The van der Waals surface area contributed by atoms with Gasteiger partial charge in [-0.2, -0.15) is 15.0 Å². The van der Waals surface area contributed by atoms with Gasteiger partial charge in [0.25, 0.3) is 0 Å². The Hall–Kier alpha value is -3.83. The predicted molar refractivity (Wildman–Crippen MR) is 149 cm³/mol. The lowest BCUT2D eigenvalue weighted by Crippen LogP contribution is -2.38. The number of benzene rings is 1. The number of ether oxygens (including phenoxy) is 1. The van der Waals surface area contributed by atoms with E-state index in [1.807, 2.05) is 24.3 Å². The van der Waals surface area contributed by atoms with Crippen molar-refractivity contribution in [1.82, 2.24) is 24.8 Å². The van der Waals surface area contributed by atoms with E-state index in [2.05, 4.69) is 44.2 Å². The number of hydrogen-bond donors (Lipinski definition) is 2. The van der Waals surface area contributed by atoms with Crippen LogP contribution in [-0.4, -0.2) is 89.4 Å². The molecule has 0 unspecified atom stereocenters. The summed E-state index contributed by atoms with van der Waals surface area (Å²) in [5.74, 6) is 2.00. The van der Waals surface area contributed by atoms with Gasteiger partial charge in [-0.3, -0.25) is 9.88 Å². The number of nitrogens with zero attached hydrogens (tertiary/aromatic N) is 7. The van der Waals surface area contributed by atoms with E-state index < -0.39 is 0 Å². The predicted octanol–water partition coefficient (Wildman–Crippen LogP) is 3.33. The van der Waals surface area contributed by atoms with E-state index in [1.165, 1.54) is 0 Å². The molecule has 2 aromatic heterocycles. The second-order valence-electron chi connectivity index (χ2n) is 9.73. The van der Waals surface area contributed by atoms with Gasteiger partial charge in [0.05, 0.1) is 25.1 Å². The van der Waals surface area contributed by atoms with Gasteiger partial charge < -0.3 is 25.2 Å². The van der Waals surface area contributed by atoms with Crippen molar-refractivity contribution in [2.45, 2.75) is 26.3 Å². The van der Waals surface area contributed by atoms with Crippen LogP contribution in [0.2, 0.25) is 0 Å². The van der Waals surface area contributed by atoms with Gasteiger partial charge in [0, 0.05) is 62.8 Å². The molecular formula is C27H35N9O2. The summed E-state index contributed by atoms with van der Waals surface area (Å²) in [5.41, 5.74) is 2.15. The first-order valence-electron chi connectivity index (χ1n) is 13.2. The van der Waals surface area contributed by atoms with Crippen LogP contribution in [-0.2, 0) is 4.74 Å². The third kappa shape index (κ3) is 6.53. The molecule has 0 radical (unpaired) electrons. The Kier molecular flexibility index (Phi) is 8.25. The number of morpholine rings is 1. The number of urea groups is 1. The Balaban J connectivity index is 1.36. The highest BCUT2D eigenvalue weighted by atomic mass is 16.5. The average Bonchev–Trinajstić information content (AvgIpc) is 3.21. The van der Waals surface area contributed by atoms with Gasteiger partial charge in [0.15, 0.2) is 5.82 Å². The number of carbonyl (C=O) groups excluding carboxylic acids is 1. The van der Waals surface area contributed by atoms with E-state index >= 15 is 0 Å². The number of aromatic nitrogens is 4. The first-order chi connectivity index (χ1) is 18.5. The first kappa shape index (κ1) is 25.8. The molecule has 11 nitrogen and oxygen atoms in total. The SMILES string of the molecule is CC(C)N1CCCN(c2nc(-c3ccc(NC(=O)Nc4cccnc4)cc3)nc(N3CCOCC3)n2)CC1. The molecular weight excluding hydrogens is 482 g/mol. The van der Waals surface area contributed by atoms with Crippen LogP contribution in [0.1, 0.15) is 20.3 Å². The third-order valence-corrected chi connectivity index (χ3v) is 6.77. The Labute approximate surface area is 223 Å². The van der Waals surface area contributed by atoms with Crippen LogP contribution in [0.3, 0.4) is 0 Å². The molecule has 2 amide bonds. The molecule has 2 aliphatic rings. The molecule has 11 heteroatoms. The third-order valence-electron chi connectivity index (χ3n) is 6.77. The maximum Gasteiger partial charge on any atom is 0.323 e. The van der Waals surface area contributed by atoms with Crippen LogP contribution in [0.4, 0.5) is 28.1 Å². The molecule has 2 fully saturated rings. The van der Waals surface area contributed by atoms with Crippen molar-refractivity contribution in [3.05, 3.63) is 48.8 Å². The van der Waals surface area contributed by atoms with Crippen LogP contribution < -0.4 is 20.4 Å². The van der Waals surface area contributed by atoms with Gasteiger partial charge >= 0.3 is 6.03 Å². The average molecular weight is 518 g/mol. The number of hydrogen-bond acceptors (Lipinski definition) is 9. The first-order valence-corrected chi connectivity index (χ1v) is 13.2. The van der Waals surface area contributed by atoms with E-state index in [4.69, 9.17) is 19.7 Å². The number of pyridine rings is 1. The minimum atomic E-state index is -0.334. The number of nitrogens with one attached hydrogen (secondary N) is 2. The lowest BCUT2D eigenvalue weighted by Gasteiger charge is -2.28. The molecule has 38 heavy (non-hydrogen) atoms. The molecule has 0 atom stereocenters. The van der Waals surface area contributed by atoms with E-state index in [1.54, 1.807) is 24.5 Å². The highest BCUT2D eigenvalue weighted by molar-refractivity contribution is 5.99. The quantitative estimate of drug-likeness (QED) is 0.508. The molecule has 0 spiro atoms. The van der Waals surface area contributed by atoms with Gasteiger partial charge in [-0.25, -0.2) is 4.79 Å². The maximum absolute atomic E-state index is 12.4. The number of amides is 2. The Morgan fingerprint density at radius 2 is 1.55 bits per heavy atom. The molecule has 5 rings (SSSR count). The second-order valence-corrected chi connectivity index (χ2v) is 9.73. The van der Waals surface area contributed by atoms with Gasteiger partial charge in [-0.15, -0.1) is 0 Å². The Morgan fingerprint density at radius 3 is 2.24 bits per heavy atom. The molecule has 3 aromatic rings. The summed E-state index contributed by atoms with van der Waals surface area (Å²) in [6.45, 7) is 11.1. The summed E-state index contributed by atoms with van der Waals surface area (Å²) < 4.78 is 5.54. The Bertz CT molecular complexity index is 1200. The van der Waals surface area contributed by atoms with Crippen LogP contribution in [0.15, 0.2) is 48.8 Å². The fourth-order valence-electron chi connectivity index (χ4n) is 4.62. The molecule has 1 aromatic carbocycles. The molecule has 0 saturated carbocycles. The molecule has 2 N–H and O–H groups in total. The summed E-state index contributed by atoms with van der Waals surface area (Å²) in [6, 6.07) is 11.3. The van der Waals surface area contributed by atoms with Crippen molar-refractivity contribution >= 4 is 29.3 Å². The molecule has 0 bridgehead atoms. The van der Waals surface area contributed by atoms with Crippen LogP contribution in [0.25, 0.3) is 11.4 Å². The molecule has 4 heterocycles. The highest BCUT2D eigenvalue weighted by Gasteiger charge is 2.23. The standard InChI is InChI=1S/C27H35N9O2/c1-20(2)34-11-4-12-35(14-13-34)25-31-24(32-26(33-25)36-15-17-38-18-16-36)21-6-8-22(9-7-21)29-27(37)30-23-5-3-10-28-19-23/h3,5-10,19-20H,4,11-18H2,1-2H3,(H2,29,30,37). The lowest BCUT2D eigenvalue weighted by atomic mass is 10.2. The lowest BCUT2D eigenvalue weighted by molar-refractivity contribution is 0.122. The monoisotopic (exact) mass is 517 g/mol. The van der Waals surface area contributed by atoms with Crippen LogP contribution in [0.5, 0.6) is 0 Å². The minimum Gasteiger partial charge on any atom is -0.378 e. The molecule has 2 saturated heterocycles. The van der Waals surface area contributed by atoms with Crippen molar-refractivity contribution in [2.24, 2.45) is 0 Å². The zero-order valence-corrected chi connectivity index (χ0v) is 22.0.